The zero-order chi connectivity index (χ0) is 47.3. The molecule has 1 aliphatic rings. The molecule has 10 aromatic carbocycles. The third-order valence-electron chi connectivity index (χ3n) is 15.6. The highest BCUT2D eigenvalue weighted by molar-refractivity contribution is 6.16. The van der Waals surface area contributed by atoms with Gasteiger partial charge in [0.05, 0.1) is 66.9 Å². The number of para-hydroxylation sites is 7. The van der Waals surface area contributed by atoms with Crippen molar-refractivity contribution in [3.05, 3.63) is 229 Å². The Kier molecular flexibility index (Phi) is 7.88. The molecule has 0 unspecified atom stereocenters. The Hall–Kier alpha value is -9.62. The summed E-state index contributed by atoms with van der Waals surface area (Å²) < 4.78 is 9.18. The average Bonchev–Trinajstić information content (AvgIpc) is 4.19. The Morgan fingerprint density at radius 2 is 0.606 bits per heavy atom. The van der Waals surface area contributed by atoms with Gasteiger partial charge in [-0.3, -0.25) is 0 Å². The van der Waals surface area contributed by atoms with Crippen LogP contribution in [0.1, 0.15) is 36.1 Å². The molecule has 15 rings (SSSR count). The lowest BCUT2D eigenvalue weighted by Crippen LogP contribution is -2.17. The molecule has 0 saturated carbocycles. The zero-order valence-corrected chi connectivity index (χ0v) is 38.8. The summed E-state index contributed by atoms with van der Waals surface area (Å²) in [6.07, 6.45) is 0. The molecule has 6 nitrogen and oxygen atoms in total. The van der Waals surface area contributed by atoms with Crippen LogP contribution in [0.2, 0.25) is 0 Å². The van der Waals surface area contributed by atoms with Crippen LogP contribution in [-0.4, -0.2) is 18.3 Å². The van der Waals surface area contributed by atoms with Crippen molar-refractivity contribution in [1.29, 1.82) is 10.5 Å². The summed E-state index contributed by atoms with van der Waals surface area (Å²) in [4.78, 5) is 0. The minimum atomic E-state index is -0.304. The third-order valence-corrected chi connectivity index (χ3v) is 15.6. The number of rotatable bonds is 4. The first-order chi connectivity index (χ1) is 35.0. The molecule has 0 radical (unpaired) electrons. The van der Waals surface area contributed by atoms with Crippen LogP contribution in [0.15, 0.2) is 206 Å². The van der Waals surface area contributed by atoms with Crippen molar-refractivity contribution in [2.45, 2.75) is 19.3 Å². The van der Waals surface area contributed by atoms with Crippen molar-refractivity contribution in [1.82, 2.24) is 18.3 Å². The Balaban J connectivity index is 1.27. The van der Waals surface area contributed by atoms with Gasteiger partial charge in [-0.05, 0) is 76.9 Å². The Morgan fingerprint density at radius 3 is 1.00 bits per heavy atom. The van der Waals surface area contributed by atoms with E-state index in [2.05, 4.69) is 238 Å². The molecule has 6 heteroatoms. The predicted molar refractivity (Wildman–Crippen MR) is 291 cm³/mol. The van der Waals surface area contributed by atoms with Gasteiger partial charge < -0.3 is 18.3 Å². The van der Waals surface area contributed by atoms with Gasteiger partial charge in [0.15, 0.2) is 0 Å². The van der Waals surface area contributed by atoms with Gasteiger partial charge >= 0.3 is 0 Å². The van der Waals surface area contributed by atoms with Gasteiger partial charge in [-0.1, -0.05) is 166 Å². The van der Waals surface area contributed by atoms with Crippen LogP contribution in [0.25, 0.3) is 121 Å². The van der Waals surface area contributed by atoms with E-state index in [0.717, 1.165) is 92.9 Å². The third kappa shape index (κ3) is 5.02. The Labute approximate surface area is 407 Å². The highest BCUT2D eigenvalue weighted by Crippen LogP contribution is 2.53. The highest BCUT2D eigenvalue weighted by Gasteiger charge is 2.38. The smallest absolute Gasteiger partial charge is 0.104 e. The number of hydrogen-bond donors (Lipinski definition) is 0. The topological polar surface area (TPSA) is 67.3 Å². The standard InChI is InChI=1S/C65H40N6/c1-65(2)51-27-11-3-19-39(51)47-35-48-46-26-10-18-34-59(46)71(60(48)36-52(47)65)63-50(38-67)61(68-53-28-12-4-20-40(53)41-21-5-13-29-54(41)68)49(37-66)62(69-55-30-14-6-22-42(55)43-23-7-15-31-56(43)69)64(63)70-57-32-16-8-24-44(57)45-25-9-17-33-58(45)70/h3-36H,1-2H3. The van der Waals surface area contributed by atoms with Gasteiger partial charge in [0.1, 0.15) is 23.3 Å². The van der Waals surface area contributed by atoms with Gasteiger partial charge in [-0.15, -0.1) is 0 Å². The molecule has 0 bridgehead atoms. The highest BCUT2D eigenvalue weighted by atomic mass is 15.1. The molecule has 0 spiro atoms. The minimum Gasteiger partial charge on any atom is -0.306 e. The molecule has 1 aliphatic carbocycles. The largest absolute Gasteiger partial charge is 0.306 e. The maximum absolute atomic E-state index is 12.5. The SMILES string of the molecule is CC1(C)c2ccccc2-c2cc3c4ccccc4n(-c4c(C#N)c(-n5c6ccccc6c6ccccc65)c(C#N)c(-n5c6ccccc6c6ccccc65)c4-n4c5ccccc5c5ccccc54)c3cc21. The fourth-order valence-corrected chi connectivity index (χ4v) is 12.7. The monoisotopic (exact) mass is 904 g/mol. The summed E-state index contributed by atoms with van der Waals surface area (Å²) in [5.41, 5.74) is 15.7. The summed E-state index contributed by atoms with van der Waals surface area (Å²) in [6.45, 7) is 4.65. The first-order valence-electron chi connectivity index (χ1n) is 24.2. The van der Waals surface area contributed by atoms with E-state index in [1.807, 2.05) is 12.1 Å². The van der Waals surface area contributed by atoms with E-state index < -0.39 is 0 Å². The van der Waals surface area contributed by atoms with Crippen LogP contribution in [0.4, 0.5) is 0 Å². The lowest BCUT2D eigenvalue weighted by Gasteiger charge is -2.27. The summed E-state index contributed by atoms with van der Waals surface area (Å²) >= 11 is 0. The predicted octanol–water partition coefficient (Wildman–Crippen LogP) is 16.1. The molecule has 0 amide bonds. The van der Waals surface area contributed by atoms with Gasteiger partial charge in [0.2, 0.25) is 0 Å². The Bertz CT molecular complexity index is 4600. The first kappa shape index (κ1) is 39.4. The van der Waals surface area contributed by atoms with Crippen molar-refractivity contribution >= 4 is 87.2 Å². The number of nitriles is 2. The van der Waals surface area contributed by atoms with Crippen LogP contribution >= 0.6 is 0 Å². The second kappa shape index (κ2) is 14.2. The van der Waals surface area contributed by atoms with Gasteiger partial charge in [-0.25, -0.2) is 0 Å². The number of aromatic nitrogens is 4. The molecule has 4 aromatic heterocycles. The van der Waals surface area contributed by atoms with E-state index in [4.69, 9.17) is 0 Å². The van der Waals surface area contributed by atoms with Gasteiger partial charge in [0, 0.05) is 48.5 Å². The lowest BCUT2D eigenvalue weighted by atomic mass is 9.82. The summed E-state index contributed by atoms with van der Waals surface area (Å²) in [5, 5.41) is 33.4. The second-order valence-electron chi connectivity index (χ2n) is 19.4. The van der Waals surface area contributed by atoms with Crippen molar-refractivity contribution in [2.75, 3.05) is 0 Å². The van der Waals surface area contributed by atoms with Gasteiger partial charge in [0.25, 0.3) is 0 Å². The Morgan fingerprint density at radius 1 is 0.296 bits per heavy atom. The number of benzene rings is 10. The van der Waals surface area contributed by atoms with Crippen molar-refractivity contribution in [2.24, 2.45) is 0 Å². The molecule has 0 aliphatic heterocycles. The van der Waals surface area contributed by atoms with E-state index in [0.29, 0.717) is 28.2 Å². The molecule has 0 N–H and O–H groups in total. The van der Waals surface area contributed by atoms with Gasteiger partial charge in [-0.2, -0.15) is 10.5 Å². The van der Waals surface area contributed by atoms with E-state index in [1.54, 1.807) is 0 Å². The molecule has 0 atom stereocenters. The van der Waals surface area contributed by atoms with E-state index >= 15 is 0 Å². The van der Waals surface area contributed by atoms with Crippen molar-refractivity contribution < 1.29 is 0 Å². The molecule has 330 valence electrons. The van der Waals surface area contributed by atoms with Crippen LogP contribution in [0.3, 0.4) is 0 Å². The van der Waals surface area contributed by atoms with Crippen molar-refractivity contribution in [3.63, 3.8) is 0 Å². The molecule has 0 fully saturated rings. The lowest BCUT2D eigenvalue weighted by molar-refractivity contribution is 0.661. The quantitative estimate of drug-likeness (QED) is 0.177. The van der Waals surface area contributed by atoms with E-state index in [-0.39, 0.29) is 5.41 Å². The summed E-state index contributed by atoms with van der Waals surface area (Å²) in [6, 6.07) is 78.7. The normalized spacial score (nSPS) is 13.0. The summed E-state index contributed by atoms with van der Waals surface area (Å²) in [5.74, 6) is 0. The molecule has 0 saturated heterocycles. The first-order valence-corrected chi connectivity index (χ1v) is 24.2. The molecular formula is C65H40N6. The maximum Gasteiger partial charge on any atom is 0.104 e. The fourth-order valence-electron chi connectivity index (χ4n) is 12.7. The van der Waals surface area contributed by atoms with Crippen LogP contribution < -0.4 is 0 Å². The van der Waals surface area contributed by atoms with E-state index in [9.17, 15) is 10.5 Å². The second-order valence-corrected chi connectivity index (χ2v) is 19.4. The number of hydrogen-bond acceptors (Lipinski definition) is 2. The molecule has 71 heavy (non-hydrogen) atoms. The fraction of sp³-hybridized carbons (Fsp3) is 0.0462. The molecule has 14 aromatic rings. The van der Waals surface area contributed by atoms with E-state index in [1.165, 1.54) is 22.3 Å². The van der Waals surface area contributed by atoms with Crippen LogP contribution in [0.5, 0.6) is 0 Å². The van der Waals surface area contributed by atoms with Crippen molar-refractivity contribution in [3.8, 4) is 46.0 Å². The molecule has 4 heterocycles. The number of nitrogens with zero attached hydrogens (tertiary/aromatic N) is 6. The summed E-state index contributed by atoms with van der Waals surface area (Å²) in [7, 11) is 0. The molecular weight excluding hydrogens is 865 g/mol. The number of fused-ring (bicyclic) bond motifs is 15. The maximum atomic E-state index is 12.5. The minimum absolute atomic E-state index is 0.304. The van der Waals surface area contributed by atoms with Crippen LogP contribution in [0, 0.1) is 22.7 Å². The zero-order valence-electron chi connectivity index (χ0n) is 38.8. The van der Waals surface area contributed by atoms with Crippen LogP contribution in [-0.2, 0) is 5.41 Å². The average molecular weight is 905 g/mol.